The fourth-order valence-corrected chi connectivity index (χ4v) is 7.77. The smallest absolute Gasteiger partial charge is 0.326 e. The number of sulfonamides is 1. The highest BCUT2D eigenvalue weighted by molar-refractivity contribution is 7.91. The summed E-state index contributed by atoms with van der Waals surface area (Å²) in [5.41, 5.74) is 0.641. The first kappa shape index (κ1) is 26.3. The summed E-state index contributed by atoms with van der Waals surface area (Å²) in [5.74, 6) is -0.496. The highest BCUT2D eigenvalue weighted by Gasteiger charge is 2.34. The molecule has 0 radical (unpaired) electrons. The maximum Gasteiger partial charge on any atom is 0.326 e. The number of rotatable bonds is 8. The van der Waals surface area contributed by atoms with Crippen LogP contribution in [0.3, 0.4) is 0 Å². The monoisotopic (exact) mass is 553 g/mol. The topological polar surface area (TPSA) is 116 Å². The van der Waals surface area contributed by atoms with Crippen molar-refractivity contribution >= 4 is 54.8 Å². The molecule has 1 aliphatic heterocycles. The molecule has 1 aliphatic rings. The molecule has 3 heterocycles. The summed E-state index contributed by atoms with van der Waals surface area (Å²) >= 11 is 2.38. The number of methoxy groups -OCH3 is 2. The molecule has 13 heteroatoms. The average molecular weight is 554 g/mol. The summed E-state index contributed by atoms with van der Waals surface area (Å²) in [6.45, 7) is 2.22. The van der Waals surface area contributed by atoms with Crippen LogP contribution in [0.5, 0.6) is 11.5 Å². The van der Waals surface area contributed by atoms with Crippen molar-refractivity contribution in [2.75, 3.05) is 33.9 Å². The van der Waals surface area contributed by atoms with E-state index >= 15 is 0 Å². The van der Waals surface area contributed by atoms with Crippen LogP contribution in [0.4, 0.5) is 0 Å². The largest absolute Gasteiger partial charge is 0.493 e. The standard InChI is InChI=1S/C23H27N3O7S3/c1-4-33-20(27)14-26-16-11-17(31-2)18(32-3)12-19(16)35-23(26)24-22(28)15-7-5-9-25(13-15)36(29,30)21-8-6-10-34-21/h6,8,10-12,15H,4-5,7,9,13-14H2,1-3H3. The van der Waals surface area contributed by atoms with Crippen LogP contribution >= 0.6 is 22.7 Å². The summed E-state index contributed by atoms with van der Waals surface area (Å²) < 4.78 is 45.8. The molecule has 0 spiro atoms. The molecule has 0 aliphatic carbocycles. The zero-order chi connectivity index (χ0) is 25.9. The first-order valence-electron chi connectivity index (χ1n) is 11.3. The lowest BCUT2D eigenvalue weighted by Crippen LogP contribution is -2.42. The van der Waals surface area contributed by atoms with Crippen LogP contribution in [0.15, 0.2) is 38.8 Å². The summed E-state index contributed by atoms with van der Waals surface area (Å²) in [7, 11) is -0.619. The van der Waals surface area contributed by atoms with E-state index < -0.39 is 27.8 Å². The summed E-state index contributed by atoms with van der Waals surface area (Å²) in [4.78, 5) is 30.3. The van der Waals surface area contributed by atoms with Crippen molar-refractivity contribution in [2.45, 2.75) is 30.5 Å². The van der Waals surface area contributed by atoms with Gasteiger partial charge in [-0.3, -0.25) is 9.59 Å². The molecule has 3 aromatic rings. The van der Waals surface area contributed by atoms with Gasteiger partial charge in [-0.25, -0.2) is 8.42 Å². The summed E-state index contributed by atoms with van der Waals surface area (Å²) in [6, 6.07) is 6.74. The fraction of sp³-hybridized carbons (Fsp3) is 0.435. The minimum atomic E-state index is -3.66. The fourth-order valence-electron chi connectivity index (χ4n) is 4.06. The SMILES string of the molecule is CCOC(=O)Cn1c(=NC(=O)C2CCCN(S(=O)(=O)c3cccs3)C2)sc2cc(OC)c(OC)cc21. The molecule has 1 fully saturated rings. The number of fused-ring (bicyclic) bond motifs is 1. The van der Waals surface area contributed by atoms with Crippen LogP contribution in [0, 0.1) is 5.92 Å². The minimum Gasteiger partial charge on any atom is -0.493 e. The lowest BCUT2D eigenvalue weighted by Gasteiger charge is -2.29. The van der Waals surface area contributed by atoms with Crippen molar-refractivity contribution in [3.8, 4) is 11.5 Å². The van der Waals surface area contributed by atoms with E-state index in [1.54, 1.807) is 41.1 Å². The molecule has 1 amide bonds. The Morgan fingerprint density at radius 2 is 1.94 bits per heavy atom. The number of carbonyl (C=O) groups excluding carboxylic acids is 2. The van der Waals surface area contributed by atoms with E-state index in [1.807, 2.05) is 0 Å². The highest BCUT2D eigenvalue weighted by atomic mass is 32.2. The lowest BCUT2D eigenvalue weighted by atomic mass is 9.99. The van der Waals surface area contributed by atoms with Crippen molar-refractivity contribution < 1.29 is 32.2 Å². The lowest BCUT2D eigenvalue weighted by molar-refractivity contribution is -0.143. The Morgan fingerprint density at radius 1 is 1.19 bits per heavy atom. The van der Waals surface area contributed by atoms with Gasteiger partial charge in [-0.1, -0.05) is 17.4 Å². The number of hydrogen-bond acceptors (Lipinski definition) is 9. The number of benzene rings is 1. The van der Waals surface area contributed by atoms with E-state index in [9.17, 15) is 18.0 Å². The van der Waals surface area contributed by atoms with Gasteiger partial charge in [0.25, 0.3) is 15.9 Å². The summed E-state index contributed by atoms with van der Waals surface area (Å²) in [6.07, 6.45) is 1.09. The van der Waals surface area contributed by atoms with Gasteiger partial charge in [0.05, 0.1) is 37.0 Å². The number of ether oxygens (including phenoxy) is 3. The van der Waals surface area contributed by atoms with E-state index in [-0.39, 0.29) is 23.9 Å². The van der Waals surface area contributed by atoms with Crippen LogP contribution in [0.1, 0.15) is 19.8 Å². The van der Waals surface area contributed by atoms with Crippen LogP contribution in [-0.2, 0) is 30.9 Å². The Bertz CT molecular complexity index is 1420. The van der Waals surface area contributed by atoms with Crippen molar-refractivity contribution in [3.63, 3.8) is 0 Å². The van der Waals surface area contributed by atoms with Crippen molar-refractivity contribution in [1.82, 2.24) is 8.87 Å². The van der Waals surface area contributed by atoms with Gasteiger partial charge in [0.15, 0.2) is 16.3 Å². The molecule has 1 aromatic carbocycles. The van der Waals surface area contributed by atoms with Crippen LogP contribution in [0.25, 0.3) is 10.2 Å². The summed E-state index contributed by atoms with van der Waals surface area (Å²) in [5, 5.41) is 1.71. The highest BCUT2D eigenvalue weighted by Crippen LogP contribution is 2.33. The number of hydrogen-bond donors (Lipinski definition) is 0. The minimum absolute atomic E-state index is 0.0625. The maximum atomic E-state index is 13.3. The van der Waals surface area contributed by atoms with Gasteiger partial charge in [-0.05, 0) is 31.2 Å². The van der Waals surface area contributed by atoms with Gasteiger partial charge in [0.1, 0.15) is 10.8 Å². The zero-order valence-corrected chi connectivity index (χ0v) is 22.6. The van der Waals surface area contributed by atoms with E-state index in [2.05, 4.69) is 4.99 Å². The number of thiophene rings is 1. The molecule has 4 rings (SSSR count). The second-order valence-electron chi connectivity index (χ2n) is 8.04. The van der Waals surface area contributed by atoms with Crippen molar-refractivity contribution in [1.29, 1.82) is 0 Å². The molecule has 194 valence electrons. The van der Waals surface area contributed by atoms with Gasteiger partial charge < -0.3 is 18.8 Å². The number of esters is 1. The van der Waals surface area contributed by atoms with Gasteiger partial charge in [-0.2, -0.15) is 9.30 Å². The average Bonchev–Trinajstić information content (AvgIpc) is 3.53. The molecular weight excluding hydrogens is 526 g/mol. The second kappa shape index (κ2) is 11.1. The quantitative estimate of drug-likeness (QED) is 0.394. The Hall–Kier alpha value is -2.74. The molecule has 36 heavy (non-hydrogen) atoms. The van der Waals surface area contributed by atoms with E-state index in [0.717, 1.165) is 16.0 Å². The molecular formula is C23H27N3O7S3. The molecule has 0 N–H and O–H groups in total. The van der Waals surface area contributed by atoms with Gasteiger partial charge in [0.2, 0.25) is 0 Å². The molecule has 0 bridgehead atoms. The molecule has 2 aromatic heterocycles. The third-order valence-electron chi connectivity index (χ3n) is 5.81. The van der Waals surface area contributed by atoms with Gasteiger partial charge in [0, 0.05) is 25.2 Å². The Labute approximate surface area is 216 Å². The van der Waals surface area contributed by atoms with Gasteiger partial charge in [-0.15, -0.1) is 11.3 Å². The normalized spacial score (nSPS) is 17.3. The van der Waals surface area contributed by atoms with Crippen molar-refractivity contribution in [3.05, 3.63) is 34.4 Å². The first-order chi connectivity index (χ1) is 17.3. The Kier molecular flexibility index (Phi) is 8.13. The van der Waals surface area contributed by atoms with E-state index in [0.29, 0.717) is 41.2 Å². The molecule has 1 unspecified atom stereocenters. The van der Waals surface area contributed by atoms with Crippen LogP contribution in [0.2, 0.25) is 0 Å². The number of thiazole rings is 1. The predicted molar refractivity (Wildman–Crippen MR) is 136 cm³/mol. The third kappa shape index (κ3) is 5.33. The van der Waals surface area contributed by atoms with Gasteiger partial charge >= 0.3 is 5.97 Å². The number of piperidine rings is 1. The molecule has 1 atom stereocenters. The predicted octanol–water partition coefficient (Wildman–Crippen LogP) is 2.87. The Morgan fingerprint density at radius 3 is 2.61 bits per heavy atom. The maximum absolute atomic E-state index is 13.3. The first-order valence-corrected chi connectivity index (χ1v) is 14.4. The van der Waals surface area contributed by atoms with E-state index in [4.69, 9.17) is 14.2 Å². The van der Waals surface area contributed by atoms with E-state index in [1.165, 1.54) is 29.9 Å². The molecule has 10 nitrogen and oxygen atoms in total. The Balaban J connectivity index is 1.70. The number of nitrogens with zero attached hydrogens (tertiary/aromatic N) is 3. The van der Waals surface area contributed by atoms with Crippen LogP contribution in [-0.4, -0.2) is 63.1 Å². The van der Waals surface area contributed by atoms with Crippen molar-refractivity contribution in [2.24, 2.45) is 10.9 Å². The molecule has 1 saturated heterocycles. The number of amides is 1. The number of aromatic nitrogens is 1. The third-order valence-corrected chi connectivity index (χ3v) is 10.1. The number of carbonyl (C=O) groups is 2. The molecule has 0 saturated carbocycles. The van der Waals surface area contributed by atoms with Crippen LogP contribution < -0.4 is 14.3 Å². The second-order valence-corrected chi connectivity index (χ2v) is 12.2. The zero-order valence-electron chi connectivity index (χ0n) is 20.1.